The van der Waals surface area contributed by atoms with Crippen LogP contribution in [0.4, 0.5) is 0 Å². The molecule has 2 N–H and O–H groups in total. The minimum Gasteiger partial charge on any atom is -0.390 e. The number of H-pyrrole nitrogens is 1. The second kappa shape index (κ2) is 4.85. The maximum Gasteiger partial charge on any atom is 0.177 e. The number of imidazole rings is 1. The number of aliphatic hydroxyl groups excluding tert-OH is 1. The molecule has 0 aliphatic carbocycles. The number of hydrogen-bond donors (Lipinski definition) is 2. The molecule has 17 heavy (non-hydrogen) atoms. The second-order valence-corrected chi connectivity index (χ2v) is 4.53. The molecule has 1 unspecified atom stereocenters. The molecule has 90 valence electrons. The lowest BCUT2D eigenvalue weighted by atomic mass is 10.0. The van der Waals surface area contributed by atoms with Crippen molar-refractivity contribution in [3.63, 3.8) is 0 Å². The van der Waals surface area contributed by atoms with Crippen molar-refractivity contribution in [2.75, 3.05) is 0 Å². The van der Waals surface area contributed by atoms with Crippen molar-refractivity contribution in [3.8, 4) is 0 Å². The minimum absolute atomic E-state index is 0.0106. The normalized spacial score (nSPS) is 12.6. The Labute approximate surface area is 106 Å². The Morgan fingerprint density at radius 3 is 2.76 bits per heavy atom. The highest BCUT2D eigenvalue weighted by molar-refractivity contribution is 7.71. The van der Waals surface area contributed by atoms with Crippen LogP contribution in [0, 0.1) is 11.7 Å². The first kappa shape index (κ1) is 12.1. The molecule has 0 radical (unpaired) electrons. The SMILES string of the molecule is Cc1ccccc1C(C)n1c(CO)c[nH]c1=S. The Balaban J connectivity index is 2.51. The standard InChI is InChI=1S/C13H16N2OS/c1-9-5-3-4-6-12(9)10(2)15-11(8-16)7-14-13(15)17/h3-7,10,16H,8H2,1-2H3,(H,14,17). The molecule has 4 heteroatoms. The molecule has 2 aromatic rings. The number of hydrogen-bond acceptors (Lipinski definition) is 2. The van der Waals surface area contributed by atoms with Crippen molar-refractivity contribution in [2.24, 2.45) is 0 Å². The van der Waals surface area contributed by atoms with Gasteiger partial charge in [-0.05, 0) is 37.2 Å². The summed E-state index contributed by atoms with van der Waals surface area (Å²) in [5, 5.41) is 9.31. The van der Waals surface area contributed by atoms with E-state index in [-0.39, 0.29) is 12.6 Å². The van der Waals surface area contributed by atoms with Gasteiger partial charge in [-0.3, -0.25) is 0 Å². The molecule has 0 aliphatic heterocycles. The summed E-state index contributed by atoms with van der Waals surface area (Å²) >= 11 is 5.25. The molecule has 0 fully saturated rings. The molecule has 0 saturated heterocycles. The summed E-state index contributed by atoms with van der Waals surface area (Å²) in [5.74, 6) is 0. The van der Waals surface area contributed by atoms with E-state index in [0.29, 0.717) is 4.77 Å². The van der Waals surface area contributed by atoms with Crippen molar-refractivity contribution in [1.82, 2.24) is 9.55 Å². The van der Waals surface area contributed by atoms with E-state index in [1.807, 2.05) is 16.7 Å². The topological polar surface area (TPSA) is 41.0 Å². The van der Waals surface area contributed by atoms with Crippen LogP contribution in [-0.2, 0) is 6.61 Å². The Hall–Kier alpha value is -1.39. The van der Waals surface area contributed by atoms with Gasteiger partial charge in [0.25, 0.3) is 0 Å². The Morgan fingerprint density at radius 2 is 2.12 bits per heavy atom. The fraction of sp³-hybridized carbons (Fsp3) is 0.308. The molecule has 0 bridgehead atoms. The van der Waals surface area contributed by atoms with Gasteiger partial charge in [0, 0.05) is 6.20 Å². The molecular formula is C13H16N2OS. The summed E-state index contributed by atoms with van der Waals surface area (Å²) < 4.78 is 2.60. The number of nitrogens with zero attached hydrogens (tertiary/aromatic N) is 1. The average Bonchev–Trinajstić information content (AvgIpc) is 2.70. The van der Waals surface area contributed by atoms with Crippen LogP contribution in [0.3, 0.4) is 0 Å². The molecule has 1 atom stereocenters. The molecule has 0 amide bonds. The number of benzene rings is 1. The second-order valence-electron chi connectivity index (χ2n) is 4.15. The molecule has 2 rings (SSSR count). The number of rotatable bonds is 3. The van der Waals surface area contributed by atoms with Gasteiger partial charge in [0.05, 0.1) is 18.3 Å². The molecule has 1 aromatic heterocycles. The predicted octanol–water partition coefficient (Wildman–Crippen LogP) is 2.96. The van der Waals surface area contributed by atoms with Crippen LogP contribution < -0.4 is 0 Å². The number of aromatic nitrogens is 2. The lowest BCUT2D eigenvalue weighted by Crippen LogP contribution is -2.11. The first-order chi connectivity index (χ1) is 8.15. The molecule has 0 spiro atoms. The molecular weight excluding hydrogens is 232 g/mol. The Morgan fingerprint density at radius 1 is 1.41 bits per heavy atom. The van der Waals surface area contributed by atoms with Crippen molar-refractivity contribution < 1.29 is 5.11 Å². The quantitative estimate of drug-likeness (QED) is 0.820. The van der Waals surface area contributed by atoms with E-state index in [1.54, 1.807) is 6.20 Å². The van der Waals surface area contributed by atoms with Crippen LogP contribution in [0.1, 0.15) is 29.8 Å². The van der Waals surface area contributed by atoms with Gasteiger partial charge in [0.2, 0.25) is 0 Å². The lowest BCUT2D eigenvalue weighted by Gasteiger charge is -2.18. The fourth-order valence-electron chi connectivity index (χ4n) is 2.16. The van der Waals surface area contributed by atoms with E-state index >= 15 is 0 Å². The highest BCUT2D eigenvalue weighted by atomic mass is 32.1. The molecule has 3 nitrogen and oxygen atoms in total. The third-order valence-corrected chi connectivity index (χ3v) is 3.39. The molecule has 1 aromatic carbocycles. The van der Waals surface area contributed by atoms with Gasteiger partial charge in [0.15, 0.2) is 4.77 Å². The van der Waals surface area contributed by atoms with Gasteiger partial charge in [-0.1, -0.05) is 24.3 Å². The first-order valence-corrected chi connectivity index (χ1v) is 6.01. The highest BCUT2D eigenvalue weighted by Crippen LogP contribution is 2.23. The fourth-order valence-corrected chi connectivity index (χ4v) is 2.49. The van der Waals surface area contributed by atoms with Crippen LogP contribution in [0.2, 0.25) is 0 Å². The maximum absolute atomic E-state index is 9.31. The van der Waals surface area contributed by atoms with Gasteiger partial charge in [-0.25, -0.2) is 0 Å². The molecule has 1 heterocycles. The average molecular weight is 248 g/mol. The summed E-state index contributed by atoms with van der Waals surface area (Å²) in [7, 11) is 0. The molecule has 0 saturated carbocycles. The van der Waals surface area contributed by atoms with Gasteiger partial charge in [-0.15, -0.1) is 0 Å². The van der Waals surface area contributed by atoms with E-state index in [0.717, 1.165) is 5.69 Å². The maximum atomic E-state index is 9.31. The Bertz CT molecular complexity index is 571. The summed E-state index contributed by atoms with van der Waals surface area (Å²) in [5.41, 5.74) is 3.26. The smallest absolute Gasteiger partial charge is 0.177 e. The van der Waals surface area contributed by atoms with Crippen LogP contribution >= 0.6 is 12.2 Å². The zero-order valence-corrected chi connectivity index (χ0v) is 10.8. The number of nitrogens with one attached hydrogen (secondary N) is 1. The van der Waals surface area contributed by atoms with Gasteiger partial charge >= 0.3 is 0 Å². The number of aromatic amines is 1. The van der Waals surface area contributed by atoms with E-state index in [1.165, 1.54) is 11.1 Å². The van der Waals surface area contributed by atoms with E-state index in [4.69, 9.17) is 12.2 Å². The molecule has 0 aliphatic rings. The zero-order chi connectivity index (χ0) is 12.4. The van der Waals surface area contributed by atoms with Gasteiger partial charge in [-0.2, -0.15) is 0 Å². The summed E-state index contributed by atoms with van der Waals surface area (Å²) in [4.78, 5) is 2.98. The number of aliphatic hydroxyl groups is 1. The van der Waals surface area contributed by atoms with Crippen LogP contribution in [-0.4, -0.2) is 14.7 Å². The van der Waals surface area contributed by atoms with Crippen LogP contribution in [0.5, 0.6) is 0 Å². The third kappa shape index (κ3) is 2.18. The van der Waals surface area contributed by atoms with E-state index in [9.17, 15) is 5.11 Å². The Kier molecular flexibility index (Phi) is 3.45. The lowest BCUT2D eigenvalue weighted by molar-refractivity contribution is 0.269. The van der Waals surface area contributed by atoms with Gasteiger partial charge in [0.1, 0.15) is 0 Å². The largest absolute Gasteiger partial charge is 0.390 e. The summed E-state index contributed by atoms with van der Waals surface area (Å²) in [6.45, 7) is 4.16. The van der Waals surface area contributed by atoms with E-state index < -0.39 is 0 Å². The third-order valence-electron chi connectivity index (χ3n) is 3.08. The van der Waals surface area contributed by atoms with Crippen molar-refractivity contribution in [2.45, 2.75) is 26.5 Å². The summed E-state index contributed by atoms with van der Waals surface area (Å²) in [6, 6.07) is 8.34. The van der Waals surface area contributed by atoms with Crippen molar-refractivity contribution >= 4 is 12.2 Å². The predicted molar refractivity (Wildman–Crippen MR) is 70.5 cm³/mol. The van der Waals surface area contributed by atoms with Crippen molar-refractivity contribution in [3.05, 3.63) is 52.1 Å². The highest BCUT2D eigenvalue weighted by Gasteiger charge is 2.14. The van der Waals surface area contributed by atoms with Crippen LogP contribution in [0.25, 0.3) is 0 Å². The minimum atomic E-state index is -0.0106. The zero-order valence-electron chi connectivity index (χ0n) is 9.97. The summed E-state index contributed by atoms with van der Waals surface area (Å²) in [6.07, 6.45) is 1.76. The first-order valence-electron chi connectivity index (χ1n) is 5.60. The van der Waals surface area contributed by atoms with Gasteiger partial charge < -0.3 is 14.7 Å². The van der Waals surface area contributed by atoms with Crippen LogP contribution in [0.15, 0.2) is 30.5 Å². The van der Waals surface area contributed by atoms with Crippen molar-refractivity contribution in [1.29, 1.82) is 0 Å². The monoisotopic (exact) mass is 248 g/mol. The number of aryl methyl sites for hydroxylation is 1. The van der Waals surface area contributed by atoms with E-state index in [2.05, 4.69) is 31.0 Å².